The molecule has 3 heteroatoms. The second kappa shape index (κ2) is 3.46. The van der Waals surface area contributed by atoms with Crippen molar-refractivity contribution in [3.05, 3.63) is 45.9 Å². The van der Waals surface area contributed by atoms with Gasteiger partial charge in [0.2, 0.25) is 0 Å². The molecule has 1 heterocycles. The third kappa shape index (κ3) is 1.32. The Labute approximate surface area is 86.5 Å². The highest BCUT2D eigenvalue weighted by Crippen LogP contribution is 2.17. The second-order valence-electron chi connectivity index (χ2n) is 3.24. The van der Waals surface area contributed by atoms with E-state index in [1.165, 1.54) is 0 Å². The first-order chi connectivity index (χ1) is 6.74. The average Bonchev–Trinajstić information content (AvgIpc) is 2.23. The SMILES string of the molecule is Cc1c(CCl)[nH]c(=O)c2ccccc12. The van der Waals surface area contributed by atoms with Crippen LogP contribution in [0.2, 0.25) is 0 Å². The average molecular weight is 208 g/mol. The number of nitrogens with one attached hydrogen (secondary N) is 1. The van der Waals surface area contributed by atoms with Gasteiger partial charge >= 0.3 is 0 Å². The quantitative estimate of drug-likeness (QED) is 0.717. The van der Waals surface area contributed by atoms with Crippen LogP contribution in [0.4, 0.5) is 0 Å². The van der Waals surface area contributed by atoms with Crippen LogP contribution in [0.1, 0.15) is 11.3 Å². The largest absolute Gasteiger partial charge is 0.324 e. The summed E-state index contributed by atoms with van der Waals surface area (Å²) in [6.07, 6.45) is 0. The van der Waals surface area contributed by atoms with Crippen LogP contribution < -0.4 is 5.56 Å². The molecule has 2 nitrogen and oxygen atoms in total. The molecule has 2 rings (SSSR count). The predicted octanol–water partition coefficient (Wildman–Crippen LogP) is 2.58. The van der Waals surface area contributed by atoms with Crippen LogP contribution in [0.25, 0.3) is 10.8 Å². The Kier molecular flexibility index (Phi) is 2.30. The molecular formula is C11H10ClNO. The van der Waals surface area contributed by atoms with E-state index >= 15 is 0 Å². The van der Waals surface area contributed by atoms with E-state index in [9.17, 15) is 4.79 Å². The summed E-state index contributed by atoms with van der Waals surface area (Å²) in [7, 11) is 0. The van der Waals surface area contributed by atoms with Gasteiger partial charge in [0.1, 0.15) is 0 Å². The van der Waals surface area contributed by atoms with Gasteiger partial charge in [0, 0.05) is 11.1 Å². The zero-order chi connectivity index (χ0) is 10.1. The number of aryl methyl sites for hydroxylation is 1. The number of hydrogen-bond acceptors (Lipinski definition) is 1. The molecule has 0 amide bonds. The fourth-order valence-electron chi connectivity index (χ4n) is 1.60. The van der Waals surface area contributed by atoms with Crippen LogP contribution >= 0.6 is 11.6 Å². The zero-order valence-corrected chi connectivity index (χ0v) is 8.56. The van der Waals surface area contributed by atoms with E-state index in [1.807, 2.05) is 31.2 Å². The molecule has 0 aliphatic rings. The number of H-pyrrole nitrogens is 1. The number of benzene rings is 1. The fourth-order valence-corrected chi connectivity index (χ4v) is 1.87. The number of rotatable bonds is 1. The number of alkyl halides is 1. The predicted molar refractivity (Wildman–Crippen MR) is 58.9 cm³/mol. The lowest BCUT2D eigenvalue weighted by Crippen LogP contribution is -2.10. The third-order valence-corrected chi connectivity index (χ3v) is 2.69. The zero-order valence-electron chi connectivity index (χ0n) is 7.80. The lowest BCUT2D eigenvalue weighted by atomic mass is 10.1. The maximum atomic E-state index is 11.6. The van der Waals surface area contributed by atoms with Crippen LogP contribution in [-0.4, -0.2) is 4.98 Å². The van der Waals surface area contributed by atoms with Gasteiger partial charge in [-0.3, -0.25) is 4.79 Å². The molecule has 0 bridgehead atoms. The number of hydrogen-bond donors (Lipinski definition) is 1. The van der Waals surface area contributed by atoms with Crippen molar-refractivity contribution in [2.24, 2.45) is 0 Å². The van der Waals surface area contributed by atoms with E-state index in [0.717, 1.165) is 22.0 Å². The fraction of sp³-hybridized carbons (Fsp3) is 0.182. The summed E-state index contributed by atoms with van der Waals surface area (Å²) in [5.74, 6) is 0.339. The first-order valence-corrected chi connectivity index (χ1v) is 4.94. The topological polar surface area (TPSA) is 32.9 Å². The van der Waals surface area contributed by atoms with Crippen molar-refractivity contribution in [1.29, 1.82) is 0 Å². The molecule has 0 saturated heterocycles. The first-order valence-electron chi connectivity index (χ1n) is 4.40. The number of aromatic amines is 1. The molecule has 72 valence electrons. The summed E-state index contributed by atoms with van der Waals surface area (Å²) in [5.41, 5.74) is 1.78. The molecule has 0 aliphatic carbocycles. The van der Waals surface area contributed by atoms with Gasteiger partial charge in [0.25, 0.3) is 5.56 Å². The van der Waals surface area contributed by atoms with Gasteiger partial charge in [-0.2, -0.15) is 0 Å². The van der Waals surface area contributed by atoms with E-state index in [4.69, 9.17) is 11.6 Å². The van der Waals surface area contributed by atoms with E-state index < -0.39 is 0 Å². The number of pyridine rings is 1. The van der Waals surface area contributed by atoms with Gasteiger partial charge in [-0.1, -0.05) is 18.2 Å². The molecule has 14 heavy (non-hydrogen) atoms. The number of halogens is 1. The Hall–Kier alpha value is -1.28. The molecule has 0 radical (unpaired) electrons. The van der Waals surface area contributed by atoms with Crippen molar-refractivity contribution in [1.82, 2.24) is 4.98 Å². The van der Waals surface area contributed by atoms with E-state index in [-0.39, 0.29) is 5.56 Å². The number of fused-ring (bicyclic) bond motifs is 1. The van der Waals surface area contributed by atoms with E-state index in [1.54, 1.807) is 0 Å². The molecule has 0 spiro atoms. The van der Waals surface area contributed by atoms with Crippen LogP contribution in [0.3, 0.4) is 0 Å². The van der Waals surface area contributed by atoms with Crippen molar-refractivity contribution < 1.29 is 0 Å². The summed E-state index contributed by atoms with van der Waals surface area (Å²) in [6.45, 7) is 1.97. The van der Waals surface area contributed by atoms with E-state index in [2.05, 4.69) is 4.98 Å². The summed E-state index contributed by atoms with van der Waals surface area (Å²) in [5, 5.41) is 1.70. The lowest BCUT2D eigenvalue weighted by molar-refractivity contribution is 1.11. The second-order valence-corrected chi connectivity index (χ2v) is 3.50. The Balaban J connectivity index is 2.95. The molecule has 1 N–H and O–H groups in total. The van der Waals surface area contributed by atoms with Crippen molar-refractivity contribution >= 4 is 22.4 Å². The Morgan fingerprint density at radius 2 is 1.93 bits per heavy atom. The summed E-state index contributed by atoms with van der Waals surface area (Å²) < 4.78 is 0. The van der Waals surface area contributed by atoms with E-state index in [0.29, 0.717) is 5.88 Å². The van der Waals surface area contributed by atoms with Gasteiger partial charge < -0.3 is 4.98 Å². The Morgan fingerprint density at radius 3 is 2.57 bits per heavy atom. The van der Waals surface area contributed by atoms with Crippen molar-refractivity contribution in [3.8, 4) is 0 Å². The molecule has 0 aliphatic heterocycles. The third-order valence-electron chi connectivity index (χ3n) is 2.43. The van der Waals surface area contributed by atoms with Crippen molar-refractivity contribution in [3.63, 3.8) is 0 Å². The molecule has 1 aromatic carbocycles. The standard InChI is InChI=1S/C11H10ClNO/c1-7-8-4-2-3-5-9(8)11(14)13-10(7)6-12/h2-5H,6H2,1H3,(H,13,14). The van der Waals surface area contributed by atoms with Gasteiger partial charge in [0.15, 0.2) is 0 Å². The number of aromatic nitrogens is 1. The maximum Gasteiger partial charge on any atom is 0.256 e. The minimum Gasteiger partial charge on any atom is -0.324 e. The van der Waals surface area contributed by atoms with Crippen LogP contribution in [-0.2, 0) is 5.88 Å². The van der Waals surface area contributed by atoms with Crippen LogP contribution in [0.5, 0.6) is 0 Å². The molecule has 0 fully saturated rings. The molecule has 1 aromatic heterocycles. The molecular weight excluding hydrogens is 198 g/mol. The summed E-state index contributed by atoms with van der Waals surface area (Å²) in [6, 6.07) is 7.54. The molecule has 0 atom stereocenters. The smallest absolute Gasteiger partial charge is 0.256 e. The molecule has 0 unspecified atom stereocenters. The van der Waals surface area contributed by atoms with Gasteiger partial charge in [0.05, 0.1) is 5.88 Å². The molecule has 2 aromatic rings. The van der Waals surface area contributed by atoms with Crippen molar-refractivity contribution in [2.75, 3.05) is 0 Å². The summed E-state index contributed by atoms with van der Waals surface area (Å²) >= 11 is 5.73. The van der Waals surface area contributed by atoms with Gasteiger partial charge in [-0.15, -0.1) is 11.6 Å². The highest BCUT2D eigenvalue weighted by Gasteiger charge is 2.05. The highest BCUT2D eigenvalue weighted by atomic mass is 35.5. The molecule has 0 saturated carbocycles. The monoisotopic (exact) mass is 207 g/mol. The minimum absolute atomic E-state index is 0.0677. The van der Waals surface area contributed by atoms with Gasteiger partial charge in [-0.05, 0) is 23.9 Å². The minimum atomic E-state index is -0.0677. The van der Waals surface area contributed by atoms with Gasteiger partial charge in [-0.25, -0.2) is 0 Å². The Bertz CT molecular complexity index is 530. The van der Waals surface area contributed by atoms with Crippen LogP contribution in [0, 0.1) is 6.92 Å². The van der Waals surface area contributed by atoms with Crippen LogP contribution in [0.15, 0.2) is 29.1 Å². The summed E-state index contributed by atoms with van der Waals surface area (Å²) in [4.78, 5) is 14.4. The lowest BCUT2D eigenvalue weighted by Gasteiger charge is -2.05. The van der Waals surface area contributed by atoms with Crippen molar-refractivity contribution in [2.45, 2.75) is 12.8 Å². The first kappa shape index (κ1) is 9.28. The highest BCUT2D eigenvalue weighted by molar-refractivity contribution is 6.17. The maximum absolute atomic E-state index is 11.6. The Morgan fingerprint density at radius 1 is 1.29 bits per heavy atom. The normalized spacial score (nSPS) is 10.7.